The van der Waals surface area contributed by atoms with E-state index in [0.717, 1.165) is 23.5 Å². The number of nitrogens with two attached hydrogens (primary N) is 1. The molecule has 0 saturated heterocycles. The number of primary amides is 1. The third-order valence-corrected chi connectivity index (χ3v) is 13.4. The van der Waals surface area contributed by atoms with Crippen LogP contribution in [0.4, 0.5) is 0 Å². The number of aliphatic hydroxyl groups excluding tert-OH is 2. The van der Waals surface area contributed by atoms with Crippen LogP contribution in [0, 0.1) is 46.3 Å². The lowest BCUT2D eigenvalue weighted by atomic mass is 9.39. The SMILES string of the molecule is CC1CCC(Cc2ccc(-c3cc(C(C)C)c4c(c3O)C(=O)[C@@H]3C(O)[C@@]5(O)C(=O)[C@H](C(N)=O)C(O)[C@H](C(C)C)[C@@]5(C)C[C@@]3(C)C4)cc2)CC1. The molecule has 4 aliphatic rings. The van der Waals surface area contributed by atoms with Crippen molar-refractivity contribution >= 4 is 17.5 Å². The molecule has 0 spiro atoms. The Morgan fingerprint density at radius 1 is 1.00 bits per heavy atom. The topological polar surface area (TPSA) is 158 Å². The van der Waals surface area contributed by atoms with Crippen molar-refractivity contribution in [1.29, 1.82) is 0 Å². The summed E-state index contributed by atoms with van der Waals surface area (Å²) in [5.41, 5.74) is 5.06. The molecule has 6 N–H and O–H groups in total. The van der Waals surface area contributed by atoms with E-state index in [9.17, 15) is 34.8 Å². The van der Waals surface area contributed by atoms with Crippen LogP contribution in [0.25, 0.3) is 11.1 Å². The number of rotatable bonds is 6. The molecule has 3 fully saturated rings. The number of fused-ring (bicyclic) bond motifs is 3. The van der Waals surface area contributed by atoms with E-state index >= 15 is 0 Å². The summed E-state index contributed by atoms with van der Waals surface area (Å²) in [6.07, 6.45) is 3.12. The summed E-state index contributed by atoms with van der Waals surface area (Å²) in [5.74, 6) is -5.42. The van der Waals surface area contributed by atoms with E-state index < -0.39 is 63.9 Å². The fourth-order valence-corrected chi connectivity index (χ4v) is 11.0. The molecule has 2 unspecified atom stereocenters. The van der Waals surface area contributed by atoms with Gasteiger partial charge in [0.2, 0.25) is 5.91 Å². The van der Waals surface area contributed by atoms with Crippen LogP contribution in [0.2, 0.25) is 0 Å². The van der Waals surface area contributed by atoms with Crippen molar-refractivity contribution < 1.29 is 34.8 Å². The number of hydrogen-bond donors (Lipinski definition) is 5. The number of amides is 1. The first-order valence-corrected chi connectivity index (χ1v) is 18.3. The number of Topliss-reactive ketones (excluding diaryl/α,β-unsaturated/α-hetero) is 2. The Morgan fingerprint density at radius 2 is 1.61 bits per heavy atom. The minimum atomic E-state index is -2.53. The highest BCUT2D eigenvalue weighted by molar-refractivity contribution is 6.10. The molecule has 1 amide bonds. The maximum absolute atomic E-state index is 14.8. The van der Waals surface area contributed by atoms with Gasteiger partial charge in [0.05, 0.1) is 17.6 Å². The molecular formula is C41H55NO7. The number of carbonyl (C=O) groups excluding carboxylic acids is 3. The average Bonchev–Trinajstić information content (AvgIpc) is 3.00. The van der Waals surface area contributed by atoms with Crippen LogP contribution in [0.5, 0.6) is 5.75 Å². The van der Waals surface area contributed by atoms with Crippen molar-refractivity contribution in [2.45, 2.75) is 117 Å². The van der Waals surface area contributed by atoms with Crippen molar-refractivity contribution in [2.24, 2.45) is 52.1 Å². The molecule has 8 heteroatoms. The predicted octanol–water partition coefficient (Wildman–Crippen LogP) is 5.73. The molecule has 0 radical (unpaired) electrons. The second-order valence-corrected chi connectivity index (χ2v) is 17.4. The smallest absolute Gasteiger partial charge is 0.230 e. The zero-order chi connectivity index (χ0) is 36.0. The molecule has 4 aliphatic carbocycles. The molecular weight excluding hydrogens is 618 g/mol. The summed E-state index contributed by atoms with van der Waals surface area (Å²) in [6, 6.07) is 10.2. The first-order valence-electron chi connectivity index (χ1n) is 18.3. The Balaban J connectivity index is 1.44. The van der Waals surface area contributed by atoms with Gasteiger partial charge in [0.15, 0.2) is 17.2 Å². The van der Waals surface area contributed by atoms with Crippen LogP contribution in [0.3, 0.4) is 0 Å². The quantitative estimate of drug-likeness (QED) is 0.245. The highest BCUT2D eigenvalue weighted by atomic mass is 16.4. The lowest BCUT2D eigenvalue weighted by molar-refractivity contribution is -0.265. The Hall–Kier alpha value is -3.07. The van der Waals surface area contributed by atoms with Crippen molar-refractivity contribution in [3.63, 3.8) is 0 Å². The van der Waals surface area contributed by atoms with Gasteiger partial charge in [0, 0.05) is 11.0 Å². The van der Waals surface area contributed by atoms with Crippen LogP contribution in [0.1, 0.15) is 114 Å². The fraction of sp³-hybridized carbons (Fsp3) is 0.634. The second kappa shape index (κ2) is 12.3. The van der Waals surface area contributed by atoms with E-state index in [1.54, 1.807) is 6.92 Å². The third kappa shape index (κ3) is 5.31. The minimum Gasteiger partial charge on any atom is -0.507 e. The van der Waals surface area contributed by atoms with Gasteiger partial charge >= 0.3 is 0 Å². The highest BCUT2D eigenvalue weighted by Crippen LogP contribution is 2.66. The zero-order valence-corrected chi connectivity index (χ0v) is 30.1. The Morgan fingerprint density at radius 3 is 2.16 bits per heavy atom. The largest absolute Gasteiger partial charge is 0.507 e. The summed E-state index contributed by atoms with van der Waals surface area (Å²) in [4.78, 5) is 41.4. The Bertz CT molecular complexity index is 1660. The van der Waals surface area contributed by atoms with Gasteiger partial charge in [0.25, 0.3) is 0 Å². The highest BCUT2D eigenvalue weighted by Gasteiger charge is 2.76. The van der Waals surface area contributed by atoms with Crippen molar-refractivity contribution in [2.75, 3.05) is 0 Å². The van der Waals surface area contributed by atoms with Crippen LogP contribution in [0.15, 0.2) is 30.3 Å². The standard InChI is InChI=1S/C41H55NO7/c1-20(2)26-17-27(25-14-12-24(13-15-25)16-23-10-8-22(5)9-11-23)33(43)29-28(26)18-39(6)19-40(7)31(21(3)4)35(45)30(38(42)48)36(46)41(40,49)37(47)32(39)34(29)44/h12-15,17,20-23,30-32,35,37,43,45,47,49H,8-11,16,18-19H2,1-7H3,(H2,42,48)/t22?,23?,30-,31+,32-,35?,37?,39-,40-,41+/m1/s1. The van der Waals surface area contributed by atoms with Crippen molar-refractivity contribution in [1.82, 2.24) is 0 Å². The fourth-order valence-electron chi connectivity index (χ4n) is 11.0. The monoisotopic (exact) mass is 673 g/mol. The normalized spacial score (nSPS) is 37.5. The molecule has 8 atom stereocenters. The number of ketones is 2. The summed E-state index contributed by atoms with van der Waals surface area (Å²) in [5, 5.41) is 47.9. The molecule has 0 aliphatic heterocycles. The van der Waals surface area contributed by atoms with Gasteiger partial charge in [-0.15, -0.1) is 0 Å². The number of carbonyl (C=O) groups is 3. The summed E-state index contributed by atoms with van der Waals surface area (Å²) >= 11 is 0. The van der Waals surface area contributed by atoms with Crippen LogP contribution in [-0.2, 0) is 22.4 Å². The molecule has 6 rings (SSSR count). The first kappa shape index (κ1) is 35.7. The Kier molecular flexibility index (Phi) is 8.98. The summed E-state index contributed by atoms with van der Waals surface area (Å²) < 4.78 is 0. The van der Waals surface area contributed by atoms with Crippen LogP contribution >= 0.6 is 0 Å². The van der Waals surface area contributed by atoms with Gasteiger partial charge in [-0.05, 0) is 95.4 Å². The van der Waals surface area contributed by atoms with E-state index in [0.29, 0.717) is 23.5 Å². The number of benzene rings is 2. The molecule has 0 bridgehead atoms. The number of phenolic OH excluding ortho intramolecular Hbond substituents is 1. The van der Waals surface area contributed by atoms with Gasteiger partial charge in [-0.1, -0.05) is 85.6 Å². The van der Waals surface area contributed by atoms with E-state index in [1.165, 1.54) is 31.2 Å². The maximum Gasteiger partial charge on any atom is 0.230 e. The Labute approximate surface area is 290 Å². The predicted molar refractivity (Wildman–Crippen MR) is 188 cm³/mol. The maximum atomic E-state index is 14.8. The van der Waals surface area contributed by atoms with Gasteiger partial charge in [-0.3, -0.25) is 14.4 Å². The van der Waals surface area contributed by atoms with Gasteiger partial charge in [-0.25, -0.2) is 0 Å². The lowest BCUT2D eigenvalue weighted by Crippen LogP contribution is -2.79. The van der Waals surface area contributed by atoms with E-state index in [2.05, 4.69) is 19.1 Å². The van der Waals surface area contributed by atoms with Crippen molar-refractivity contribution in [3.8, 4) is 16.9 Å². The van der Waals surface area contributed by atoms with Crippen LogP contribution < -0.4 is 5.73 Å². The number of aromatic hydroxyl groups is 1. The second-order valence-electron chi connectivity index (χ2n) is 17.4. The molecule has 2 aromatic rings. The van der Waals surface area contributed by atoms with Gasteiger partial charge in [0.1, 0.15) is 17.8 Å². The zero-order valence-electron chi connectivity index (χ0n) is 30.1. The number of phenols is 1. The number of aliphatic hydroxyl groups is 3. The summed E-state index contributed by atoms with van der Waals surface area (Å²) in [7, 11) is 0. The average molecular weight is 674 g/mol. The van der Waals surface area contributed by atoms with Crippen LogP contribution in [-0.4, -0.2) is 55.7 Å². The number of hydrogen-bond acceptors (Lipinski definition) is 7. The lowest BCUT2D eigenvalue weighted by Gasteiger charge is -2.66. The first-order chi connectivity index (χ1) is 22.9. The minimum absolute atomic E-state index is 0.00728. The van der Waals surface area contributed by atoms with Gasteiger partial charge < -0.3 is 26.2 Å². The molecule has 2 aromatic carbocycles. The van der Waals surface area contributed by atoms with E-state index in [4.69, 9.17) is 5.73 Å². The molecule has 3 saturated carbocycles. The molecule has 8 nitrogen and oxygen atoms in total. The summed E-state index contributed by atoms with van der Waals surface area (Å²) in [6.45, 7) is 13.7. The molecule has 49 heavy (non-hydrogen) atoms. The molecule has 0 aromatic heterocycles. The third-order valence-electron chi connectivity index (χ3n) is 13.4. The van der Waals surface area contributed by atoms with Gasteiger partial charge in [-0.2, -0.15) is 0 Å². The molecule has 266 valence electrons. The molecule has 0 heterocycles. The van der Waals surface area contributed by atoms with E-state index in [1.807, 2.05) is 52.8 Å². The van der Waals surface area contributed by atoms with Crippen molar-refractivity contribution in [3.05, 3.63) is 52.6 Å². The van der Waals surface area contributed by atoms with E-state index in [-0.39, 0.29) is 29.6 Å².